The van der Waals surface area contributed by atoms with Crippen LogP contribution >= 0.6 is 27.3 Å². The minimum atomic E-state index is 0.106. The van der Waals surface area contributed by atoms with Gasteiger partial charge >= 0.3 is 0 Å². The lowest BCUT2D eigenvalue weighted by atomic mass is 10.1. The second-order valence-corrected chi connectivity index (χ2v) is 6.72. The molecule has 1 aromatic rings. The van der Waals surface area contributed by atoms with E-state index in [4.69, 9.17) is 4.74 Å². The van der Waals surface area contributed by atoms with Crippen molar-refractivity contribution in [1.29, 1.82) is 0 Å². The van der Waals surface area contributed by atoms with Crippen molar-refractivity contribution >= 4 is 33.2 Å². The monoisotopic (exact) mass is 332 g/mol. The fourth-order valence-electron chi connectivity index (χ4n) is 2.14. The number of thiazole rings is 1. The molecular weight excluding hydrogens is 316 g/mol. The van der Waals surface area contributed by atoms with Crippen molar-refractivity contribution in [3.8, 4) is 0 Å². The summed E-state index contributed by atoms with van der Waals surface area (Å²) in [7, 11) is 0. The second kappa shape index (κ2) is 6.12. The highest BCUT2D eigenvalue weighted by Gasteiger charge is 2.29. The Kier molecular flexibility index (Phi) is 4.75. The summed E-state index contributed by atoms with van der Waals surface area (Å²) >= 11 is 4.73. The zero-order valence-electron chi connectivity index (χ0n) is 10.6. The van der Waals surface area contributed by atoms with Crippen LogP contribution in [0.3, 0.4) is 0 Å². The maximum absolute atomic E-state index is 12.3. The fourth-order valence-corrected chi connectivity index (χ4v) is 3.66. The lowest BCUT2D eigenvalue weighted by Gasteiger charge is -2.15. The normalized spacial score (nSPS) is 19.5. The molecule has 0 spiro atoms. The Morgan fingerprint density at radius 1 is 1.67 bits per heavy atom. The van der Waals surface area contributed by atoms with E-state index in [1.54, 1.807) is 0 Å². The van der Waals surface area contributed by atoms with Gasteiger partial charge in [-0.2, -0.15) is 0 Å². The number of aromatic nitrogens is 1. The van der Waals surface area contributed by atoms with E-state index in [-0.39, 0.29) is 5.91 Å². The number of nitrogens with zero attached hydrogens (tertiary/aromatic N) is 2. The van der Waals surface area contributed by atoms with Gasteiger partial charge in [-0.1, -0.05) is 0 Å². The molecule has 100 valence electrons. The number of carbonyl (C=O) groups excluding carboxylic acids is 1. The standard InChI is InChI=1S/C12H17BrN2O2S/c1-3-17-7-9-4-5-15(6-9)11(16)10-8(2)14-12(13)18-10/h9H,3-7H2,1-2H3. The number of halogens is 1. The fraction of sp³-hybridized carbons (Fsp3) is 0.667. The smallest absolute Gasteiger partial charge is 0.265 e. The van der Waals surface area contributed by atoms with Crippen LogP contribution in [-0.2, 0) is 4.74 Å². The van der Waals surface area contributed by atoms with Crippen molar-refractivity contribution in [1.82, 2.24) is 9.88 Å². The second-order valence-electron chi connectivity index (χ2n) is 4.45. The van der Waals surface area contributed by atoms with E-state index in [2.05, 4.69) is 20.9 Å². The van der Waals surface area contributed by atoms with Gasteiger partial charge in [0, 0.05) is 25.6 Å². The molecule has 2 rings (SSSR count). The molecule has 6 heteroatoms. The third kappa shape index (κ3) is 3.10. The highest BCUT2D eigenvalue weighted by atomic mass is 79.9. The molecule has 1 unspecified atom stereocenters. The summed E-state index contributed by atoms with van der Waals surface area (Å²) in [6.45, 7) is 6.99. The zero-order chi connectivity index (χ0) is 13.1. The van der Waals surface area contributed by atoms with Gasteiger partial charge in [-0.25, -0.2) is 4.98 Å². The first-order chi connectivity index (χ1) is 8.61. The molecule has 0 aromatic carbocycles. The van der Waals surface area contributed by atoms with E-state index in [9.17, 15) is 4.79 Å². The van der Waals surface area contributed by atoms with Crippen molar-refractivity contribution in [3.05, 3.63) is 14.5 Å². The topological polar surface area (TPSA) is 42.4 Å². The van der Waals surface area contributed by atoms with Gasteiger partial charge in [0.05, 0.1) is 12.3 Å². The maximum Gasteiger partial charge on any atom is 0.265 e. The predicted octanol–water partition coefficient (Wildman–Crippen LogP) is 2.71. The van der Waals surface area contributed by atoms with E-state index in [0.29, 0.717) is 5.92 Å². The zero-order valence-corrected chi connectivity index (χ0v) is 13.0. The highest BCUT2D eigenvalue weighted by Crippen LogP contribution is 2.26. The number of aryl methyl sites for hydroxylation is 1. The van der Waals surface area contributed by atoms with Crippen molar-refractivity contribution in [2.24, 2.45) is 5.92 Å². The lowest BCUT2D eigenvalue weighted by Crippen LogP contribution is -2.29. The summed E-state index contributed by atoms with van der Waals surface area (Å²) < 4.78 is 6.20. The highest BCUT2D eigenvalue weighted by molar-refractivity contribution is 9.11. The van der Waals surface area contributed by atoms with Gasteiger partial charge in [0.25, 0.3) is 5.91 Å². The van der Waals surface area contributed by atoms with Crippen molar-refractivity contribution in [2.45, 2.75) is 20.3 Å². The molecule has 0 bridgehead atoms. The minimum absolute atomic E-state index is 0.106. The Morgan fingerprint density at radius 2 is 2.44 bits per heavy atom. The number of hydrogen-bond donors (Lipinski definition) is 0. The van der Waals surface area contributed by atoms with Crippen LogP contribution in [0.4, 0.5) is 0 Å². The van der Waals surface area contributed by atoms with E-state index in [1.807, 2.05) is 18.7 Å². The van der Waals surface area contributed by atoms with Gasteiger partial charge in [-0.3, -0.25) is 4.79 Å². The van der Waals surface area contributed by atoms with Crippen molar-refractivity contribution in [2.75, 3.05) is 26.3 Å². The van der Waals surface area contributed by atoms with Crippen LogP contribution in [0.25, 0.3) is 0 Å². The average Bonchev–Trinajstić information content (AvgIpc) is 2.92. The molecule has 2 heterocycles. The van der Waals surface area contributed by atoms with Gasteiger partial charge < -0.3 is 9.64 Å². The molecule has 1 aliphatic heterocycles. The van der Waals surface area contributed by atoms with Crippen LogP contribution in [0.1, 0.15) is 28.7 Å². The molecular formula is C12H17BrN2O2S. The summed E-state index contributed by atoms with van der Waals surface area (Å²) in [6, 6.07) is 0. The van der Waals surface area contributed by atoms with Crippen LogP contribution < -0.4 is 0 Å². The molecule has 1 saturated heterocycles. The Morgan fingerprint density at radius 3 is 3.06 bits per heavy atom. The van der Waals surface area contributed by atoms with Gasteiger partial charge in [0.15, 0.2) is 3.92 Å². The summed E-state index contributed by atoms with van der Waals surface area (Å²) in [5.41, 5.74) is 0.810. The van der Waals surface area contributed by atoms with Crippen LogP contribution in [0.15, 0.2) is 3.92 Å². The average molecular weight is 333 g/mol. The minimum Gasteiger partial charge on any atom is -0.381 e. The first kappa shape index (κ1) is 14.0. The van der Waals surface area contributed by atoms with E-state index < -0.39 is 0 Å². The number of ether oxygens (including phenoxy) is 1. The van der Waals surface area contributed by atoms with Crippen LogP contribution in [0.2, 0.25) is 0 Å². The molecule has 0 aliphatic carbocycles. The Labute approximate surface area is 119 Å². The van der Waals surface area contributed by atoms with E-state index in [0.717, 1.165) is 47.2 Å². The number of likely N-dealkylation sites (tertiary alicyclic amines) is 1. The summed E-state index contributed by atoms with van der Waals surface area (Å²) in [6.07, 6.45) is 1.03. The van der Waals surface area contributed by atoms with E-state index >= 15 is 0 Å². The Hall–Kier alpha value is -0.460. The van der Waals surface area contributed by atoms with Gasteiger partial charge in [-0.15, -0.1) is 11.3 Å². The van der Waals surface area contributed by atoms with Crippen molar-refractivity contribution < 1.29 is 9.53 Å². The molecule has 0 saturated carbocycles. The van der Waals surface area contributed by atoms with Gasteiger partial charge in [0.1, 0.15) is 4.88 Å². The number of rotatable bonds is 4. The van der Waals surface area contributed by atoms with Crippen LogP contribution in [0.5, 0.6) is 0 Å². The summed E-state index contributed by atoms with van der Waals surface area (Å²) in [4.78, 5) is 19.2. The third-order valence-electron chi connectivity index (χ3n) is 3.10. The quantitative estimate of drug-likeness (QED) is 0.851. The Balaban J connectivity index is 1.97. The summed E-state index contributed by atoms with van der Waals surface area (Å²) in [5.74, 6) is 0.584. The lowest BCUT2D eigenvalue weighted by molar-refractivity contribution is 0.0766. The van der Waals surface area contributed by atoms with Crippen LogP contribution in [-0.4, -0.2) is 42.1 Å². The molecule has 0 radical (unpaired) electrons. The molecule has 1 amide bonds. The summed E-state index contributed by atoms with van der Waals surface area (Å²) in [5, 5.41) is 0. The van der Waals surface area contributed by atoms with Gasteiger partial charge in [-0.05, 0) is 36.2 Å². The number of hydrogen-bond acceptors (Lipinski definition) is 4. The largest absolute Gasteiger partial charge is 0.381 e. The first-order valence-corrected chi connectivity index (χ1v) is 7.72. The maximum atomic E-state index is 12.3. The molecule has 1 aromatic heterocycles. The molecule has 1 atom stereocenters. The van der Waals surface area contributed by atoms with Gasteiger partial charge in [0.2, 0.25) is 0 Å². The Bertz CT molecular complexity index is 436. The molecule has 1 fully saturated rings. The van der Waals surface area contributed by atoms with Crippen molar-refractivity contribution in [3.63, 3.8) is 0 Å². The number of amides is 1. The third-order valence-corrected chi connectivity index (χ3v) is 4.69. The SMILES string of the molecule is CCOCC1CCN(C(=O)c2sc(Br)nc2C)C1. The molecule has 1 aliphatic rings. The number of carbonyl (C=O) groups is 1. The predicted molar refractivity (Wildman–Crippen MR) is 75.1 cm³/mol. The molecule has 4 nitrogen and oxygen atoms in total. The van der Waals surface area contributed by atoms with Crippen LogP contribution in [0, 0.1) is 12.8 Å². The van der Waals surface area contributed by atoms with E-state index in [1.165, 1.54) is 11.3 Å². The molecule has 18 heavy (non-hydrogen) atoms. The first-order valence-electron chi connectivity index (χ1n) is 6.11. The molecule has 0 N–H and O–H groups in total.